The lowest BCUT2D eigenvalue weighted by Gasteiger charge is -2.33. The van der Waals surface area contributed by atoms with Gasteiger partial charge in [0.2, 0.25) is 0 Å². The predicted octanol–water partition coefficient (Wildman–Crippen LogP) is 2.90. The van der Waals surface area contributed by atoms with E-state index in [2.05, 4.69) is 0 Å². The number of hydrogen-bond acceptors (Lipinski definition) is 2. The summed E-state index contributed by atoms with van der Waals surface area (Å²) in [6.07, 6.45) is 1.60. The minimum absolute atomic E-state index is 0.0183. The number of aliphatic carboxylic acids is 1. The molecule has 1 N–H and O–H groups in total. The summed E-state index contributed by atoms with van der Waals surface area (Å²) in [7, 11) is 0. The van der Waals surface area contributed by atoms with Crippen LogP contribution in [-0.4, -0.2) is 24.3 Å². The lowest BCUT2D eigenvalue weighted by molar-refractivity contribution is -0.157. The van der Waals surface area contributed by atoms with Crippen molar-refractivity contribution in [1.82, 2.24) is 0 Å². The van der Waals surface area contributed by atoms with Crippen LogP contribution in [0.2, 0.25) is 5.02 Å². The summed E-state index contributed by atoms with van der Waals surface area (Å²) in [6.45, 7) is 0.788. The van der Waals surface area contributed by atoms with Crippen LogP contribution in [0.3, 0.4) is 0 Å². The highest BCUT2D eigenvalue weighted by molar-refractivity contribution is 6.30. The maximum atomic E-state index is 13.1. The van der Waals surface area contributed by atoms with E-state index >= 15 is 0 Å². The molecule has 1 aliphatic heterocycles. The first kappa shape index (κ1) is 13.3. The topological polar surface area (TPSA) is 46.5 Å². The predicted molar refractivity (Wildman–Crippen MR) is 65.2 cm³/mol. The summed E-state index contributed by atoms with van der Waals surface area (Å²) >= 11 is 5.70. The lowest BCUT2D eigenvalue weighted by Crippen LogP contribution is -2.41. The van der Waals surface area contributed by atoms with E-state index < -0.39 is 17.2 Å². The van der Waals surface area contributed by atoms with Crippen LogP contribution < -0.4 is 0 Å². The molecular formula is C13H14ClFO3. The SMILES string of the molecule is O=C(O)C1(Cc2ccc(F)c(Cl)c2)CCCOC1. The zero-order chi connectivity index (χ0) is 13.2. The molecule has 0 saturated carbocycles. The van der Waals surface area contributed by atoms with Crippen molar-refractivity contribution in [2.45, 2.75) is 19.3 Å². The van der Waals surface area contributed by atoms with E-state index in [0.29, 0.717) is 25.0 Å². The molecule has 5 heteroatoms. The zero-order valence-corrected chi connectivity index (χ0v) is 10.5. The van der Waals surface area contributed by atoms with Gasteiger partial charge in [0.15, 0.2) is 0 Å². The molecule has 0 aliphatic carbocycles. The average Bonchev–Trinajstić information content (AvgIpc) is 2.35. The Morgan fingerprint density at radius 1 is 1.56 bits per heavy atom. The molecular weight excluding hydrogens is 259 g/mol. The molecule has 0 bridgehead atoms. The van der Waals surface area contributed by atoms with Crippen molar-refractivity contribution in [3.05, 3.63) is 34.6 Å². The second-order valence-corrected chi connectivity index (χ2v) is 5.07. The van der Waals surface area contributed by atoms with Crippen LogP contribution in [0.25, 0.3) is 0 Å². The molecule has 2 rings (SSSR count). The normalized spacial score (nSPS) is 23.9. The van der Waals surface area contributed by atoms with Gasteiger partial charge in [0.25, 0.3) is 0 Å². The van der Waals surface area contributed by atoms with E-state index in [0.717, 1.165) is 6.42 Å². The summed E-state index contributed by atoms with van der Waals surface area (Å²) < 4.78 is 18.3. The highest BCUT2D eigenvalue weighted by atomic mass is 35.5. The van der Waals surface area contributed by atoms with E-state index in [1.54, 1.807) is 6.07 Å². The molecule has 0 aromatic heterocycles. The van der Waals surface area contributed by atoms with Crippen molar-refractivity contribution in [1.29, 1.82) is 0 Å². The smallest absolute Gasteiger partial charge is 0.312 e. The number of carboxylic acids is 1. The second-order valence-electron chi connectivity index (χ2n) is 4.67. The van der Waals surface area contributed by atoms with Crippen LogP contribution in [0.1, 0.15) is 18.4 Å². The second kappa shape index (κ2) is 5.24. The number of benzene rings is 1. The van der Waals surface area contributed by atoms with Crippen molar-refractivity contribution in [2.24, 2.45) is 5.41 Å². The fourth-order valence-electron chi connectivity index (χ4n) is 2.28. The van der Waals surface area contributed by atoms with Crippen LogP contribution in [0.4, 0.5) is 4.39 Å². The van der Waals surface area contributed by atoms with Gasteiger partial charge in [0, 0.05) is 6.61 Å². The average molecular weight is 273 g/mol. The largest absolute Gasteiger partial charge is 0.481 e. The van der Waals surface area contributed by atoms with Gasteiger partial charge in [0.05, 0.1) is 17.0 Å². The number of ether oxygens (including phenoxy) is 1. The minimum atomic E-state index is -0.917. The van der Waals surface area contributed by atoms with Crippen LogP contribution in [-0.2, 0) is 16.0 Å². The Bertz CT molecular complexity index is 456. The van der Waals surface area contributed by atoms with E-state index in [4.69, 9.17) is 16.3 Å². The van der Waals surface area contributed by atoms with E-state index in [9.17, 15) is 14.3 Å². The Kier molecular flexibility index (Phi) is 3.88. The highest BCUT2D eigenvalue weighted by Gasteiger charge is 2.40. The van der Waals surface area contributed by atoms with Crippen molar-refractivity contribution >= 4 is 17.6 Å². The molecule has 1 atom stereocenters. The molecule has 0 spiro atoms. The van der Waals surface area contributed by atoms with Gasteiger partial charge in [0.1, 0.15) is 5.82 Å². The monoisotopic (exact) mass is 272 g/mol. The minimum Gasteiger partial charge on any atom is -0.481 e. The fraction of sp³-hybridized carbons (Fsp3) is 0.462. The Hall–Kier alpha value is -1.13. The first-order chi connectivity index (χ1) is 8.53. The molecule has 0 radical (unpaired) electrons. The number of hydrogen-bond donors (Lipinski definition) is 1. The zero-order valence-electron chi connectivity index (χ0n) is 9.79. The van der Waals surface area contributed by atoms with E-state index in [1.807, 2.05) is 0 Å². The van der Waals surface area contributed by atoms with Crippen molar-refractivity contribution in [3.8, 4) is 0 Å². The molecule has 1 aromatic carbocycles. The third kappa shape index (κ3) is 2.65. The molecule has 1 fully saturated rings. The van der Waals surface area contributed by atoms with Gasteiger partial charge in [-0.15, -0.1) is 0 Å². The molecule has 18 heavy (non-hydrogen) atoms. The van der Waals surface area contributed by atoms with Gasteiger partial charge in [-0.3, -0.25) is 4.79 Å². The van der Waals surface area contributed by atoms with Gasteiger partial charge >= 0.3 is 5.97 Å². The summed E-state index contributed by atoms with van der Waals surface area (Å²) in [5.41, 5.74) is -0.200. The first-order valence-electron chi connectivity index (χ1n) is 5.79. The summed E-state index contributed by atoms with van der Waals surface area (Å²) in [6, 6.07) is 4.31. The fourth-order valence-corrected chi connectivity index (χ4v) is 2.48. The van der Waals surface area contributed by atoms with Crippen LogP contribution in [0.15, 0.2) is 18.2 Å². The summed E-state index contributed by atoms with van der Waals surface area (Å²) in [4.78, 5) is 11.4. The van der Waals surface area contributed by atoms with Crippen LogP contribution in [0.5, 0.6) is 0 Å². The molecule has 1 unspecified atom stereocenters. The van der Waals surface area contributed by atoms with Gasteiger partial charge in [-0.25, -0.2) is 4.39 Å². The van der Waals surface area contributed by atoms with E-state index in [-0.39, 0.29) is 11.6 Å². The Morgan fingerprint density at radius 3 is 2.89 bits per heavy atom. The third-order valence-electron chi connectivity index (χ3n) is 3.30. The van der Waals surface area contributed by atoms with E-state index in [1.165, 1.54) is 12.1 Å². The number of carboxylic acid groups (broad SMARTS) is 1. The van der Waals surface area contributed by atoms with Gasteiger partial charge < -0.3 is 9.84 Å². The Morgan fingerprint density at radius 2 is 2.33 bits per heavy atom. The lowest BCUT2D eigenvalue weighted by atomic mass is 9.77. The van der Waals surface area contributed by atoms with Gasteiger partial charge in [-0.2, -0.15) is 0 Å². The number of halogens is 2. The molecule has 1 aliphatic rings. The number of carbonyl (C=O) groups is 1. The highest BCUT2D eigenvalue weighted by Crippen LogP contribution is 2.33. The maximum absolute atomic E-state index is 13.1. The molecule has 1 saturated heterocycles. The summed E-state index contributed by atoms with van der Waals surface area (Å²) in [5, 5.41) is 9.41. The Labute approximate surface area is 110 Å². The summed E-state index contributed by atoms with van der Waals surface area (Å²) in [5.74, 6) is -1.37. The molecule has 0 amide bonds. The Balaban J connectivity index is 2.23. The van der Waals surface area contributed by atoms with Crippen LogP contribution in [0, 0.1) is 11.2 Å². The standard InChI is InChI=1S/C13H14ClFO3/c14-10-6-9(2-3-11(10)15)7-13(12(16)17)4-1-5-18-8-13/h2-3,6H,1,4-5,7-8H2,(H,16,17). The van der Waals surface area contributed by atoms with Crippen molar-refractivity contribution in [2.75, 3.05) is 13.2 Å². The first-order valence-corrected chi connectivity index (χ1v) is 6.16. The third-order valence-corrected chi connectivity index (χ3v) is 3.59. The number of rotatable bonds is 3. The van der Waals surface area contributed by atoms with Crippen LogP contribution >= 0.6 is 11.6 Å². The van der Waals surface area contributed by atoms with Crippen molar-refractivity contribution < 1.29 is 19.0 Å². The molecule has 1 aromatic rings. The van der Waals surface area contributed by atoms with Gasteiger partial charge in [-0.1, -0.05) is 17.7 Å². The molecule has 1 heterocycles. The quantitative estimate of drug-likeness (QED) is 0.920. The molecule has 3 nitrogen and oxygen atoms in total. The van der Waals surface area contributed by atoms with Crippen molar-refractivity contribution in [3.63, 3.8) is 0 Å². The molecule has 98 valence electrons. The van der Waals surface area contributed by atoms with Gasteiger partial charge in [-0.05, 0) is 37.0 Å². The maximum Gasteiger partial charge on any atom is 0.312 e.